The highest BCUT2D eigenvalue weighted by atomic mass is 31.2. The second-order valence-corrected chi connectivity index (χ2v) is 5.33. The van der Waals surface area contributed by atoms with Crippen molar-refractivity contribution in [3.63, 3.8) is 0 Å². The van der Waals surface area contributed by atoms with E-state index in [1.165, 1.54) is 6.92 Å². The summed E-state index contributed by atoms with van der Waals surface area (Å²) >= 11 is 0. The van der Waals surface area contributed by atoms with Crippen molar-refractivity contribution in [3.8, 4) is 0 Å². The lowest BCUT2D eigenvalue weighted by atomic mass is 10.2. The first kappa shape index (κ1) is 16.2. The Labute approximate surface area is 97.6 Å². The Morgan fingerprint density at radius 1 is 1.41 bits per heavy atom. The van der Waals surface area contributed by atoms with Crippen LogP contribution in [-0.2, 0) is 14.1 Å². The molecule has 0 aromatic carbocycles. The van der Waals surface area contributed by atoms with Gasteiger partial charge in [-0.1, -0.05) is 6.58 Å². The summed E-state index contributed by atoms with van der Waals surface area (Å²) < 4.78 is 40.5. The molecular weight excluding hydrogens is 257 g/mol. The molecule has 0 aromatic rings. The third-order valence-electron chi connectivity index (χ3n) is 1.88. The van der Waals surface area contributed by atoms with E-state index in [1.54, 1.807) is 0 Å². The van der Waals surface area contributed by atoms with E-state index >= 15 is 0 Å². The Kier molecular flexibility index (Phi) is 5.95. The quantitative estimate of drug-likeness (QED) is 0.321. The average molecular weight is 272 g/mol. The highest BCUT2D eigenvalue weighted by molar-refractivity contribution is 7.53. The molecule has 5 nitrogen and oxygen atoms in total. The minimum absolute atomic E-state index is 0.0804. The Bertz CT molecular complexity index is 336. The third kappa shape index (κ3) is 5.91. The van der Waals surface area contributed by atoms with Crippen LogP contribution in [0.15, 0.2) is 12.2 Å². The lowest BCUT2D eigenvalue weighted by Crippen LogP contribution is -2.16. The van der Waals surface area contributed by atoms with Crippen LogP contribution in [0.1, 0.15) is 26.2 Å². The molecule has 0 aliphatic carbocycles. The summed E-state index contributed by atoms with van der Waals surface area (Å²) in [5.74, 6) is -0.619. The van der Waals surface area contributed by atoms with Gasteiger partial charge < -0.3 is 14.5 Å². The molecule has 0 spiro atoms. The minimum atomic E-state index is -5.41. The highest BCUT2D eigenvalue weighted by Gasteiger charge is 2.47. The van der Waals surface area contributed by atoms with Gasteiger partial charge in [0.2, 0.25) is 0 Å². The zero-order chi connectivity index (χ0) is 13.7. The van der Waals surface area contributed by atoms with Gasteiger partial charge in [-0.3, -0.25) is 4.57 Å². The van der Waals surface area contributed by atoms with Crippen molar-refractivity contribution in [2.75, 3.05) is 6.61 Å². The topological polar surface area (TPSA) is 83.8 Å². The van der Waals surface area contributed by atoms with Gasteiger partial charge in [-0.15, -0.1) is 0 Å². The second kappa shape index (κ2) is 6.23. The van der Waals surface area contributed by atoms with Crippen molar-refractivity contribution in [1.82, 2.24) is 0 Å². The Morgan fingerprint density at radius 3 is 2.35 bits per heavy atom. The fraction of sp³-hybridized carbons (Fsp3) is 0.667. The van der Waals surface area contributed by atoms with Gasteiger partial charge >= 0.3 is 19.2 Å². The summed E-state index contributed by atoms with van der Waals surface area (Å²) in [7, 11) is -5.41. The van der Waals surface area contributed by atoms with E-state index < -0.39 is 25.6 Å². The standard InChI is InChI=1S/C9H15F2O5P/c1-7(2)8(12)16-6-4-3-5-9(10,11)17(13,14)15/h1,3-6H2,2H3,(H2,13,14,15). The molecule has 8 heteroatoms. The van der Waals surface area contributed by atoms with E-state index in [1.807, 2.05) is 0 Å². The first-order valence-corrected chi connectivity index (χ1v) is 6.45. The molecule has 100 valence electrons. The molecule has 2 N–H and O–H groups in total. The van der Waals surface area contributed by atoms with Crippen molar-refractivity contribution in [2.24, 2.45) is 0 Å². The Hall–Kier alpha value is -0.780. The number of carbonyl (C=O) groups is 1. The van der Waals surface area contributed by atoms with Gasteiger partial charge in [-0.25, -0.2) is 4.79 Å². The fourth-order valence-corrected chi connectivity index (χ4v) is 1.32. The van der Waals surface area contributed by atoms with E-state index in [-0.39, 0.29) is 25.0 Å². The van der Waals surface area contributed by atoms with Crippen LogP contribution in [0.4, 0.5) is 8.78 Å². The van der Waals surface area contributed by atoms with Crippen LogP contribution < -0.4 is 0 Å². The van der Waals surface area contributed by atoms with Crippen LogP contribution in [-0.4, -0.2) is 28.0 Å². The van der Waals surface area contributed by atoms with Gasteiger partial charge in [0.05, 0.1) is 6.61 Å². The molecule has 0 saturated carbocycles. The molecule has 0 rings (SSSR count). The van der Waals surface area contributed by atoms with Gasteiger partial charge in [0.25, 0.3) is 0 Å². The molecular formula is C9H15F2O5P. The highest BCUT2D eigenvalue weighted by Crippen LogP contribution is 2.55. The lowest BCUT2D eigenvalue weighted by Gasteiger charge is -2.17. The largest absolute Gasteiger partial charge is 0.462 e. The van der Waals surface area contributed by atoms with Gasteiger partial charge in [0.1, 0.15) is 0 Å². The molecule has 0 saturated heterocycles. The van der Waals surface area contributed by atoms with E-state index in [2.05, 4.69) is 11.3 Å². The van der Waals surface area contributed by atoms with E-state index in [4.69, 9.17) is 9.79 Å². The number of alkyl halides is 2. The maximum Gasteiger partial charge on any atom is 0.394 e. The molecule has 0 aromatic heterocycles. The molecule has 0 aliphatic rings. The van der Waals surface area contributed by atoms with Gasteiger partial charge in [0, 0.05) is 12.0 Å². The van der Waals surface area contributed by atoms with Crippen molar-refractivity contribution in [3.05, 3.63) is 12.2 Å². The second-order valence-electron chi connectivity index (χ2n) is 3.58. The van der Waals surface area contributed by atoms with Crippen LogP contribution in [0.5, 0.6) is 0 Å². The van der Waals surface area contributed by atoms with Gasteiger partial charge in [0.15, 0.2) is 0 Å². The van der Waals surface area contributed by atoms with Crippen LogP contribution in [0.25, 0.3) is 0 Å². The van der Waals surface area contributed by atoms with Crippen LogP contribution >= 0.6 is 7.60 Å². The predicted molar refractivity (Wildman–Crippen MR) is 56.6 cm³/mol. The number of hydrogen-bond acceptors (Lipinski definition) is 3. The molecule has 0 heterocycles. The third-order valence-corrected chi connectivity index (χ3v) is 2.96. The number of halogens is 2. The Balaban J connectivity index is 3.84. The molecule has 0 fully saturated rings. The number of esters is 1. The van der Waals surface area contributed by atoms with Crippen molar-refractivity contribution in [2.45, 2.75) is 31.8 Å². The molecule has 0 radical (unpaired) electrons. The van der Waals surface area contributed by atoms with Crippen molar-refractivity contribution >= 4 is 13.6 Å². The van der Waals surface area contributed by atoms with E-state index in [9.17, 15) is 18.1 Å². The molecule has 0 amide bonds. The maximum absolute atomic E-state index is 12.8. The van der Waals surface area contributed by atoms with E-state index in [0.29, 0.717) is 0 Å². The maximum atomic E-state index is 12.8. The lowest BCUT2D eigenvalue weighted by molar-refractivity contribution is -0.139. The summed E-state index contributed by atoms with van der Waals surface area (Å²) in [6, 6.07) is 0. The fourth-order valence-electron chi connectivity index (χ4n) is 0.873. The number of unbranched alkanes of at least 4 members (excludes halogenated alkanes) is 1. The molecule has 0 bridgehead atoms. The number of hydrogen-bond donors (Lipinski definition) is 2. The zero-order valence-electron chi connectivity index (χ0n) is 9.36. The van der Waals surface area contributed by atoms with Crippen LogP contribution in [0, 0.1) is 0 Å². The predicted octanol–water partition coefficient (Wildman–Crippen LogP) is 2.05. The first-order chi connectivity index (χ1) is 7.58. The summed E-state index contributed by atoms with van der Waals surface area (Å²) in [5, 5.41) is 0. The van der Waals surface area contributed by atoms with Crippen LogP contribution in [0.2, 0.25) is 0 Å². The average Bonchev–Trinajstić information content (AvgIpc) is 2.14. The molecule has 0 aliphatic heterocycles. The monoisotopic (exact) mass is 272 g/mol. The number of ether oxygens (including phenoxy) is 1. The van der Waals surface area contributed by atoms with Crippen molar-refractivity contribution in [1.29, 1.82) is 0 Å². The minimum Gasteiger partial charge on any atom is -0.462 e. The number of rotatable bonds is 7. The summed E-state index contributed by atoms with van der Waals surface area (Å²) in [4.78, 5) is 27.5. The SMILES string of the molecule is C=C(C)C(=O)OCCCCC(F)(F)P(=O)(O)O. The summed E-state index contributed by atoms with van der Waals surface area (Å²) in [6.07, 6.45) is -0.988. The number of carbonyl (C=O) groups excluding carboxylic acids is 1. The van der Waals surface area contributed by atoms with Gasteiger partial charge in [-0.2, -0.15) is 8.78 Å². The normalized spacial score (nSPS) is 12.3. The molecule has 0 unspecified atom stereocenters. The van der Waals surface area contributed by atoms with Crippen molar-refractivity contribution < 1.29 is 32.7 Å². The summed E-state index contributed by atoms with van der Waals surface area (Å²) in [5.41, 5.74) is -3.82. The van der Waals surface area contributed by atoms with Gasteiger partial charge in [-0.05, 0) is 19.8 Å². The Morgan fingerprint density at radius 2 is 1.94 bits per heavy atom. The first-order valence-electron chi connectivity index (χ1n) is 4.84. The molecule has 0 atom stereocenters. The molecule has 17 heavy (non-hydrogen) atoms. The van der Waals surface area contributed by atoms with Crippen LogP contribution in [0.3, 0.4) is 0 Å². The van der Waals surface area contributed by atoms with E-state index in [0.717, 1.165) is 0 Å². The summed E-state index contributed by atoms with van der Waals surface area (Å²) in [6.45, 7) is 4.70. The zero-order valence-corrected chi connectivity index (χ0v) is 10.3. The smallest absolute Gasteiger partial charge is 0.394 e.